The van der Waals surface area contributed by atoms with Gasteiger partial charge >= 0.3 is 5.97 Å². The Morgan fingerprint density at radius 2 is 1.70 bits per heavy atom. The molecule has 0 aliphatic carbocycles. The van der Waals surface area contributed by atoms with Crippen molar-refractivity contribution in [2.45, 2.75) is 25.4 Å². The number of carboxylic acids is 1. The SMILES string of the molecule is COc1cc(C(=O)N[C@H](CCC(=O)O)C(=O)NCc2ccc(Cl)cc2F)cc(OC)c1OC. The molecule has 2 amide bonds. The summed E-state index contributed by atoms with van der Waals surface area (Å²) in [5.41, 5.74) is 0.280. The number of carbonyl (C=O) groups is 3. The fourth-order valence-corrected chi connectivity index (χ4v) is 3.12. The average molecular weight is 483 g/mol. The van der Waals surface area contributed by atoms with Crippen LogP contribution in [0.2, 0.25) is 5.02 Å². The first-order valence-electron chi connectivity index (χ1n) is 9.74. The molecule has 2 rings (SSSR count). The number of aliphatic carboxylic acids is 1. The third-order valence-electron chi connectivity index (χ3n) is 4.66. The van der Waals surface area contributed by atoms with Gasteiger partial charge in [0.25, 0.3) is 5.91 Å². The lowest BCUT2D eigenvalue weighted by Gasteiger charge is -2.19. The molecule has 2 aromatic rings. The van der Waals surface area contributed by atoms with E-state index in [0.29, 0.717) is 0 Å². The highest BCUT2D eigenvalue weighted by Gasteiger charge is 2.24. The van der Waals surface area contributed by atoms with Gasteiger partial charge in [-0.3, -0.25) is 14.4 Å². The second-order valence-electron chi connectivity index (χ2n) is 6.83. The normalized spacial score (nSPS) is 11.3. The van der Waals surface area contributed by atoms with E-state index in [1.807, 2.05) is 0 Å². The molecule has 0 aliphatic heterocycles. The fraction of sp³-hybridized carbons (Fsp3) is 0.318. The first-order valence-corrected chi connectivity index (χ1v) is 10.1. The summed E-state index contributed by atoms with van der Waals surface area (Å²) in [5.74, 6) is -2.35. The Kier molecular flexibility index (Phi) is 9.29. The van der Waals surface area contributed by atoms with Crippen molar-refractivity contribution < 1.29 is 38.1 Å². The van der Waals surface area contributed by atoms with E-state index >= 15 is 0 Å². The maximum Gasteiger partial charge on any atom is 0.303 e. The zero-order valence-electron chi connectivity index (χ0n) is 18.2. The lowest BCUT2D eigenvalue weighted by molar-refractivity contribution is -0.137. The second kappa shape index (κ2) is 11.9. The van der Waals surface area contributed by atoms with E-state index in [1.165, 1.54) is 45.6 Å². The van der Waals surface area contributed by atoms with Crippen molar-refractivity contribution in [1.29, 1.82) is 0 Å². The number of carbonyl (C=O) groups excluding carboxylic acids is 2. The van der Waals surface area contributed by atoms with Gasteiger partial charge in [0.2, 0.25) is 11.7 Å². The third-order valence-corrected chi connectivity index (χ3v) is 4.90. The van der Waals surface area contributed by atoms with E-state index in [2.05, 4.69) is 10.6 Å². The number of methoxy groups -OCH3 is 3. The predicted octanol–water partition coefficient (Wildman–Crippen LogP) is 2.78. The molecule has 3 N–H and O–H groups in total. The molecule has 0 spiro atoms. The highest BCUT2D eigenvalue weighted by atomic mass is 35.5. The van der Waals surface area contributed by atoms with Gasteiger partial charge in [-0.15, -0.1) is 0 Å². The zero-order chi connectivity index (χ0) is 24.5. The molecular weight excluding hydrogens is 459 g/mol. The van der Waals surface area contributed by atoms with E-state index in [1.54, 1.807) is 0 Å². The van der Waals surface area contributed by atoms with E-state index in [0.717, 1.165) is 6.07 Å². The molecule has 178 valence electrons. The number of hydrogen-bond donors (Lipinski definition) is 3. The maximum atomic E-state index is 14.0. The standard InChI is InChI=1S/C22H24ClFN2O7/c1-31-17-8-13(9-18(32-2)20(17)33-3)21(29)26-16(6-7-19(27)28)22(30)25-11-12-4-5-14(23)10-15(12)24/h4-5,8-10,16H,6-7,11H2,1-3H3,(H,25,30)(H,26,29)(H,27,28)/t16-/m1/s1. The van der Waals surface area contributed by atoms with Gasteiger partial charge in [-0.1, -0.05) is 17.7 Å². The van der Waals surface area contributed by atoms with Crippen LogP contribution < -0.4 is 24.8 Å². The van der Waals surface area contributed by atoms with Gasteiger partial charge in [0.05, 0.1) is 21.3 Å². The molecule has 2 aromatic carbocycles. The van der Waals surface area contributed by atoms with Crippen LogP contribution in [0.5, 0.6) is 17.2 Å². The van der Waals surface area contributed by atoms with Crippen molar-refractivity contribution in [2.24, 2.45) is 0 Å². The minimum atomic E-state index is -1.19. The highest BCUT2D eigenvalue weighted by molar-refractivity contribution is 6.30. The summed E-state index contributed by atoms with van der Waals surface area (Å²) in [6.45, 7) is -0.175. The highest BCUT2D eigenvalue weighted by Crippen LogP contribution is 2.38. The molecule has 0 bridgehead atoms. The van der Waals surface area contributed by atoms with Gasteiger partial charge in [0.1, 0.15) is 11.9 Å². The summed E-state index contributed by atoms with van der Waals surface area (Å²) < 4.78 is 29.6. The summed E-state index contributed by atoms with van der Waals surface area (Å²) >= 11 is 5.72. The Labute approximate surface area is 194 Å². The molecule has 0 aliphatic rings. The molecule has 11 heteroatoms. The van der Waals surface area contributed by atoms with Crippen molar-refractivity contribution in [2.75, 3.05) is 21.3 Å². The molecule has 0 unspecified atom stereocenters. The maximum absolute atomic E-state index is 14.0. The quantitative estimate of drug-likeness (QED) is 0.450. The van der Waals surface area contributed by atoms with E-state index in [-0.39, 0.29) is 52.8 Å². The fourth-order valence-electron chi connectivity index (χ4n) is 2.96. The van der Waals surface area contributed by atoms with Crippen LogP contribution in [0.25, 0.3) is 0 Å². The van der Waals surface area contributed by atoms with Crippen molar-refractivity contribution in [3.8, 4) is 17.2 Å². The Morgan fingerprint density at radius 3 is 2.21 bits per heavy atom. The lowest BCUT2D eigenvalue weighted by atomic mass is 10.1. The monoisotopic (exact) mass is 482 g/mol. The number of amides is 2. The molecule has 9 nitrogen and oxygen atoms in total. The van der Waals surface area contributed by atoms with Gasteiger partial charge in [0.15, 0.2) is 11.5 Å². The molecule has 0 fully saturated rings. The van der Waals surface area contributed by atoms with Gasteiger partial charge in [-0.05, 0) is 30.7 Å². The molecule has 0 saturated heterocycles. The van der Waals surface area contributed by atoms with Crippen LogP contribution >= 0.6 is 11.6 Å². The molecule has 0 saturated carbocycles. The van der Waals surface area contributed by atoms with E-state index < -0.39 is 29.6 Å². The molecule has 0 aromatic heterocycles. The van der Waals surface area contributed by atoms with Crippen molar-refractivity contribution in [3.63, 3.8) is 0 Å². The van der Waals surface area contributed by atoms with Crippen LogP contribution in [-0.2, 0) is 16.1 Å². The first kappa shape index (κ1) is 25.7. The van der Waals surface area contributed by atoms with E-state index in [4.69, 9.17) is 30.9 Å². The number of halogens is 2. The third kappa shape index (κ3) is 6.98. The van der Waals surface area contributed by atoms with Crippen LogP contribution in [0.1, 0.15) is 28.8 Å². The summed E-state index contributed by atoms with van der Waals surface area (Å²) in [4.78, 5) is 36.5. The topological polar surface area (TPSA) is 123 Å². The number of nitrogens with one attached hydrogen (secondary N) is 2. The molecular formula is C22H24ClFN2O7. The first-order chi connectivity index (χ1) is 15.7. The van der Waals surface area contributed by atoms with Crippen molar-refractivity contribution in [1.82, 2.24) is 10.6 Å². The Balaban J connectivity index is 2.20. The minimum absolute atomic E-state index is 0.0985. The number of ether oxygens (including phenoxy) is 3. The molecule has 1 atom stereocenters. The Morgan fingerprint density at radius 1 is 1.06 bits per heavy atom. The van der Waals surface area contributed by atoms with Crippen molar-refractivity contribution in [3.05, 3.63) is 52.3 Å². The van der Waals surface area contributed by atoms with Crippen LogP contribution in [-0.4, -0.2) is 50.3 Å². The second-order valence-corrected chi connectivity index (χ2v) is 7.26. The number of rotatable bonds is 11. The van der Waals surface area contributed by atoms with Crippen LogP contribution in [0.3, 0.4) is 0 Å². The molecule has 0 radical (unpaired) electrons. The van der Waals surface area contributed by atoms with Gasteiger partial charge in [-0.2, -0.15) is 0 Å². The molecule has 33 heavy (non-hydrogen) atoms. The largest absolute Gasteiger partial charge is 0.493 e. The number of benzene rings is 2. The van der Waals surface area contributed by atoms with Gasteiger partial charge in [-0.25, -0.2) is 4.39 Å². The van der Waals surface area contributed by atoms with Crippen LogP contribution in [0, 0.1) is 5.82 Å². The average Bonchev–Trinajstić information content (AvgIpc) is 2.79. The van der Waals surface area contributed by atoms with Gasteiger partial charge in [0, 0.05) is 29.1 Å². The number of carboxylic acid groups (broad SMARTS) is 1. The minimum Gasteiger partial charge on any atom is -0.493 e. The summed E-state index contributed by atoms with van der Waals surface area (Å²) in [7, 11) is 4.19. The predicted molar refractivity (Wildman–Crippen MR) is 117 cm³/mol. The summed E-state index contributed by atoms with van der Waals surface area (Å²) in [5, 5.41) is 14.2. The van der Waals surface area contributed by atoms with Crippen LogP contribution in [0.15, 0.2) is 30.3 Å². The molecule has 0 heterocycles. The van der Waals surface area contributed by atoms with Gasteiger partial charge < -0.3 is 30.0 Å². The lowest BCUT2D eigenvalue weighted by Crippen LogP contribution is -2.46. The summed E-state index contributed by atoms with van der Waals surface area (Å²) in [6, 6.07) is 5.59. The Hall–Kier alpha value is -3.53. The number of hydrogen-bond acceptors (Lipinski definition) is 6. The van der Waals surface area contributed by atoms with Crippen LogP contribution in [0.4, 0.5) is 4.39 Å². The van der Waals surface area contributed by atoms with E-state index in [9.17, 15) is 18.8 Å². The smallest absolute Gasteiger partial charge is 0.303 e. The Bertz CT molecular complexity index is 1010. The summed E-state index contributed by atoms with van der Waals surface area (Å²) in [6.07, 6.45) is -0.552. The van der Waals surface area contributed by atoms with Crippen molar-refractivity contribution >= 4 is 29.4 Å². The zero-order valence-corrected chi connectivity index (χ0v) is 19.0.